The Bertz CT molecular complexity index is 547. The molecule has 0 N–H and O–H groups in total. The summed E-state index contributed by atoms with van der Waals surface area (Å²) in [6.45, 7) is 2.46. The van der Waals surface area contributed by atoms with E-state index >= 15 is 0 Å². The third kappa shape index (κ3) is 2.96. The maximum absolute atomic E-state index is 12.8. The molecule has 4 heteroatoms. The molecule has 94 valence electrons. The van der Waals surface area contributed by atoms with Crippen molar-refractivity contribution in [3.8, 4) is 0 Å². The highest BCUT2D eigenvalue weighted by Crippen LogP contribution is 2.17. The minimum atomic E-state index is -0.262. The van der Waals surface area contributed by atoms with Crippen molar-refractivity contribution in [2.75, 3.05) is 7.05 Å². The monoisotopic (exact) mass is 263 g/mol. The van der Waals surface area contributed by atoms with Crippen LogP contribution in [-0.4, -0.2) is 17.9 Å². The van der Waals surface area contributed by atoms with Gasteiger partial charge in [0.15, 0.2) is 0 Å². The zero-order valence-electron chi connectivity index (χ0n) is 10.3. The molecule has 0 radical (unpaired) electrons. The Balaban J connectivity index is 2.05. The van der Waals surface area contributed by atoms with Crippen LogP contribution >= 0.6 is 11.3 Å². The second kappa shape index (κ2) is 5.31. The fourth-order valence-electron chi connectivity index (χ4n) is 1.67. The summed E-state index contributed by atoms with van der Waals surface area (Å²) >= 11 is 1.49. The predicted octanol–water partition coefficient (Wildman–Crippen LogP) is 3.47. The number of carbonyl (C=O) groups is 1. The maximum Gasteiger partial charge on any atom is 0.263 e. The highest BCUT2D eigenvalue weighted by atomic mass is 32.1. The van der Waals surface area contributed by atoms with Gasteiger partial charge in [-0.3, -0.25) is 4.79 Å². The first-order chi connectivity index (χ1) is 8.56. The number of carbonyl (C=O) groups excluding carboxylic acids is 1. The zero-order valence-corrected chi connectivity index (χ0v) is 11.1. The molecule has 0 aliphatic carbocycles. The van der Waals surface area contributed by atoms with Crippen molar-refractivity contribution in [3.63, 3.8) is 0 Å². The fraction of sp³-hybridized carbons (Fsp3) is 0.214. The second-order valence-corrected chi connectivity index (χ2v) is 5.49. The highest BCUT2D eigenvalue weighted by molar-refractivity contribution is 7.13. The Morgan fingerprint density at radius 1 is 1.22 bits per heavy atom. The highest BCUT2D eigenvalue weighted by Gasteiger charge is 2.13. The first-order valence-electron chi connectivity index (χ1n) is 5.62. The minimum Gasteiger partial charge on any atom is -0.337 e. The molecule has 0 spiro atoms. The molecule has 2 nitrogen and oxygen atoms in total. The Labute approximate surface area is 110 Å². The number of aryl methyl sites for hydroxylation is 1. The molecule has 1 amide bonds. The lowest BCUT2D eigenvalue weighted by atomic mass is 10.2. The van der Waals surface area contributed by atoms with Gasteiger partial charge in [-0.05, 0) is 36.8 Å². The van der Waals surface area contributed by atoms with Gasteiger partial charge in [0.25, 0.3) is 5.91 Å². The van der Waals surface area contributed by atoms with Gasteiger partial charge in [0.05, 0.1) is 4.88 Å². The largest absolute Gasteiger partial charge is 0.337 e. The van der Waals surface area contributed by atoms with Crippen molar-refractivity contribution in [1.29, 1.82) is 0 Å². The number of hydrogen-bond donors (Lipinski definition) is 0. The van der Waals surface area contributed by atoms with Gasteiger partial charge >= 0.3 is 0 Å². The summed E-state index contributed by atoms with van der Waals surface area (Å²) in [6, 6.07) is 9.97. The third-order valence-electron chi connectivity index (χ3n) is 2.63. The van der Waals surface area contributed by atoms with Gasteiger partial charge in [-0.25, -0.2) is 4.39 Å². The second-order valence-electron chi connectivity index (χ2n) is 4.20. The Morgan fingerprint density at radius 3 is 2.44 bits per heavy atom. The summed E-state index contributed by atoms with van der Waals surface area (Å²) in [4.78, 5) is 15.6. The Hall–Kier alpha value is -1.68. The van der Waals surface area contributed by atoms with Crippen LogP contribution in [0, 0.1) is 12.7 Å². The van der Waals surface area contributed by atoms with Crippen LogP contribution in [0.3, 0.4) is 0 Å². The van der Waals surface area contributed by atoms with Crippen molar-refractivity contribution in [2.45, 2.75) is 13.5 Å². The van der Waals surface area contributed by atoms with Crippen molar-refractivity contribution in [2.24, 2.45) is 0 Å². The van der Waals surface area contributed by atoms with Crippen molar-refractivity contribution in [1.82, 2.24) is 4.90 Å². The Kier molecular flexibility index (Phi) is 3.77. The van der Waals surface area contributed by atoms with Crippen LogP contribution in [0.5, 0.6) is 0 Å². The van der Waals surface area contributed by atoms with Crippen LogP contribution in [0.25, 0.3) is 0 Å². The predicted molar refractivity (Wildman–Crippen MR) is 71.3 cm³/mol. The number of halogens is 1. The van der Waals surface area contributed by atoms with Crippen LogP contribution in [-0.2, 0) is 6.54 Å². The lowest BCUT2D eigenvalue weighted by molar-refractivity contribution is 0.0790. The van der Waals surface area contributed by atoms with Gasteiger partial charge in [-0.2, -0.15) is 0 Å². The van der Waals surface area contributed by atoms with Crippen molar-refractivity contribution in [3.05, 3.63) is 57.5 Å². The van der Waals surface area contributed by atoms with Gasteiger partial charge < -0.3 is 4.90 Å². The maximum atomic E-state index is 12.8. The molecular formula is C14H14FNOS. The van der Waals surface area contributed by atoms with E-state index < -0.39 is 0 Å². The fourth-order valence-corrected chi connectivity index (χ4v) is 2.54. The van der Waals surface area contributed by atoms with E-state index in [1.165, 1.54) is 23.5 Å². The normalized spacial score (nSPS) is 10.4. The molecular weight excluding hydrogens is 249 g/mol. The molecule has 18 heavy (non-hydrogen) atoms. The molecule has 1 aromatic carbocycles. The zero-order chi connectivity index (χ0) is 13.1. The molecule has 0 unspecified atom stereocenters. The SMILES string of the molecule is Cc1ccc(C(=O)N(C)Cc2ccc(F)cc2)s1. The topological polar surface area (TPSA) is 20.3 Å². The summed E-state index contributed by atoms with van der Waals surface area (Å²) in [7, 11) is 1.75. The number of amides is 1. The van der Waals surface area contributed by atoms with Gasteiger partial charge in [-0.1, -0.05) is 12.1 Å². The first-order valence-corrected chi connectivity index (χ1v) is 6.44. The number of rotatable bonds is 3. The van der Waals surface area contributed by atoms with Crippen LogP contribution < -0.4 is 0 Å². The molecule has 1 heterocycles. The Morgan fingerprint density at radius 2 is 1.89 bits per heavy atom. The van der Waals surface area contributed by atoms with Gasteiger partial charge in [-0.15, -0.1) is 11.3 Å². The van der Waals surface area contributed by atoms with E-state index in [-0.39, 0.29) is 11.7 Å². The molecule has 2 rings (SSSR count). The van der Waals surface area contributed by atoms with E-state index in [1.54, 1.807) is 24.1 Å². The molecule has 0 bridgehead atoms. The molecule has 2 aromatic rings. The molecule has 0 aliphatic heterocycles. The lowest BCUT2D eigenvalue weighted by Crippen LogP contribution is -2.25. The third-order valence-corrected chi connectivity index (χ3v) is 3.62. The van der Waals surface area contributed by atoms with Crippen LogP contribution in [0.4, 0.5) is 4.39 Å². The summed E-state index contributed by atoms with van der Waals surface area (Å²) < 4.78 is 12.8. The smallest absolute Gasteiger partial charge is 0.263 e. The number of thiophene rings is 1. The molecule has 0 atom stereocenters. The van der Waals surface area contributed by atoms with E-state index in [9.17, 15) is 9.18 Å². The summed E-state index contributed by atoms with van der Waals surface area (Å²) in [5.74, 6) is -0.265. The van der Waals surface area contributed by atoms with E-state index in [1.807, 2.05) is 19.1 Å². The van der Waals surface area contributed by atoms with Gasteiger partial charge in [0, 0.05) is 18.5 Å². The quantitative estimate of drug-likeness (QED) is 0.830. The van der Waals surface area contributed by atoms with Crippen LogP contribution in [0.1, 0.15) is 20.1 Å². The number of benzene rings is 1. The first kappa shape index (κ1) is 12.8. The molecule has 1 aromatic heterocycles. The lowest BCUT2D eigenvalue weighted by Gasteiger charge is -2.16. The molecule has 0 saturated carbocycles. The van der Waals surface area contributed by atoms with E-state index in [2.05, 4.69) is 0 Å². The average Bonchev–Trinajstić information content (AvgIpc) is 2.78. The number of nitrogens with zero attached hydrogens (tertiary/aromatic N) is 1. The summed E-state index contributed by atoms with van der Waals surface area (Å²) in [5.41, 5.74) is 0.917. The average molecular weight is 263 g/mol. The van der Waals surface area contributed by atoms with E-state index in [0.717, 1.165) is 15.3 Å². The van der Waals surface area contributed by atoms with Crippen LogP contribution in [0.2, 0.25) is 0 Å². The number of hydrogen-bond acceptors (Lipinski definition) is 2. The van der Waals surface area contributed by atoms with Gasteiger partial charge in [0.1, 0.15) is 5.82 Å². The van der Waals surface area contributed by atoms with Crippen molar-refractivity contribution >= 4 is 17.2 Å². The van der Waals surface area contributed by atoms with Crippen LogP contribution in [0.15, 0.2) is 36.4 Å². The summed E-state index contributed by atoms with van der Waals surface area (Å²) in [5, 5.41) is 0. The minimum absolute atomic E-state index is 0.00238. The molecule has 0 aliphatic rings. The van der Waals surface area contributed by atoms with E-state index in [4.69, 9.17) is 0 Å². The molecule has 0 saturated heterocycles. The van der Waals surface area contributed by atoms with Gasteiger partial charge in [0.2, 0.25) is 0 Å². The standard InChI is InChI=1S/C14H14FNOS/c1-10-3-8-13(18-10)14(17)16(2)9-11-4-6-12(15)7-5-11/h3-8H,9H2,1-2H3. The van der Waals surface area contributed by atoms with Crippen molar-refractivity contribution < 1.29 is 9.18 Å². The van der Waals surface area contributed by atoms with E-state index in [0.29, 0.717) is 6.54 Å². The molecule has 0 fully saturated rings. The summed E-state index contributed by atoms with van der Waals surface area (Å²) in [6.07, 6.45) is 0.